The van der Waals surface area contributed by atoms with Crippen molar-refractivity contribution < 1.29 is 13.9 Å². The van der Waals surface area contributed by atoms with Crippen LogP contribution in [0.3, 0.4) is 0 Å². The molecule has 5 rings (SSSR count). The van der Waals surface area contributed by atoms with E-state index in [0.29, 0.717) is 52.7 Å². The summed E-state index contributed by atoms with van der Waals surface area (Å²) < 4.78 is 20.8. The molecule has 154 valence electrons. The van der Waals surface area contributed by atoms with Crippen molar-refractivity contribution in [2.45, 2.75) is 20.3 Å². The SMILES string of the molecule is Cc1c(-c2cc3cc(NC(=O)C4CC4C)ncc3c(N)c2F)cnc2c1NCCO2. The van der Waals surface area contributed by atoms with Crippen LogP contribution in [0.4, 0.5) is 21.6 Å². The molecule has 1 aliphatic carbocycles. The quantitative estimate of drug-likeness (QED) is 0.572. The molecule has 1 saturated carbocycles. The number of nitrogens with two attached hydrogens (primary N) is 1. The number of nitrogens with one attached hydrogen (secondary N) is 2. The molecule has 8 heteroatoms. The predicted octanol–water partition coefficient (Wildman–Crippen LogP) is 3.73. The highest BCUT2D eigenvalue weighted by atomic mass is 19.1. The van der Waals surface area contributed by atoms with Gasteiger partial charge in [-0.3, -0.25) is 4.79 Å². The number of hydrogen-bond acceptors (Lipinski definition) is 6. The van der Waals surface area contributed by atoms with Crippen molar-refractivity contribution in [3.8, 4) is 17.0 Å². The van der Waals surface area contributed by atoms with Crippen molar-refractivity contribution in [1.29, 1.82) is 0 Å². The van der Waals surface area contributed by atoms with E-state index in [1.54, 1.807) is 18.3 Å². The number of aromatic nitrogens is 2. The fraction of sp³-hybridized carbons (Fsp3) is 0.318. The second kappa shape index (κ2) is 6.83. The molecule has 2 aliphatic rings. The van der Waals surface area contributed by atoms with E-state index in [1.807, 2.05) is 13.8 Å². The van der Waals surface area contributed by atoms with Crippen LogP contribution in [0.25, 0.3) is 21.9 Å². The van der Waals surface area contributed by atoms with Crippen LogP contribution in [0.1, 0.15) is 18.9 Å². The van der Waals surface area contributed by atoms with Gasteiger partial charge >= 0.3 is 0 Å². The van der Waals surface area contributed by atoms with E-state index in [2.05, 4.69) is 20.6 Å². The van der Waals surface area contributed by atoms with E-state index in [-0.39, 0.29) is 17.5 Å². The van der Waals surface area contributed by atoms with E-state index < -0.39 is 5.82 Å². The Morgan fingerprint density at radius 1 is 1.30 bits per heavy atom. The first-order valence-corrected chi connectivity index (χ1v) is 9.99. The number of carbonyl (C=O) groups is 1. The molecule has 1 amide bonds. The van der Waals surface area contributed by atoms with Crippen LogP contribution < -0.4 is 21.1 Å². The summed E-state index contributed by atoms with van der Waals surface area (Å²) in [6.45, 7) is 5.14. The standard InChI is InChI=1S/C22H22FN5O2/c1-10-5-13(10)21(29)28-17-7-12-6-14(18(23)19(24)16(12)9-26-17)15-8-27-22-20(11(15)2)25-3-4-30-22/h6-10,13,25H,3-5,24H2,1-2H3,(H,26,28,29). The van der Waals surface area contributed by atoms with E-state index in [0.717, 1.165) is 17.7 Å². The smallest absolute Gasteiger partial charge is 0.237 e. The Hall–Kier alpha value is -3.42. The number of amides is 1. The summed E-state index contributed by atoms with van der Waals surface area (Å²) in [5.74, 6) is 0.827. The maximum Gasteiger partial charge on any atom is 0.237 e. The van der Waals surface area contributed by atoms with Gasteiger partial charge in [-0.2, -0.15) is 0 Å². The zero-order valence-electron chi connectivity index (χ0n) is 16.8. The molecular formula is C22H22FN5O2. The molecule has 1 aromatic carbocycles. The summed E-state index contributed by atoms with van der Waals surface area (Å²) in [5, 5.41) is 7.31. The Bertz CT molecular complexity index is 1200. The third-order valence-electron chi connectivity index (χ3n) is 5.93. The molecule has 0 bridgehead atoms. The van der Waals surface area contributed by atoms with E-state index in [1.165, 1.54) is 6.20 Å². The number of fused-ring (bicyclic) bond motifs is 2. The average molecular weight is 407 g/mol. The Morgan fingerprint density at radius 2 is 2.10 bits per heavy atom. The zero-order chi connectivity index (χ0) is 21.0. The molecule has 4 N–H and O–H groups in total. The molecule has 3 heterocycles. The van der Waals surface area contributed by atoms with Gasteiger partial charge in [-0.15, -0.1) is 0 Å². The van der Waals surface area contributed by atoms with Gasteiger partial charge in [-0.1, -0.05) is 6.92 Å². The third-order valence-corrected chi connectivity index (χ3v) is 5.93. The fourth-order valence-corrected chi connectivity index (χ4v) is 3.96. The molecule has 30 heavy (non-hydrogen) atoms. The van der Waals surface area contributed by atoms with E-state index in [4.69, 9.17) is 10.5 Å². The molecule has 3 aromatic rings. The highest BCUT2D eigenvalue weighted by molar-refractivity contribution is 6.00. The molecule has 7 nitrogen and oxygen atoms in total. The number of pyridine rings is 2. The molecule has 2 aromatic heterocycles. The summed E-state index contributed by atoms with van der Waals surface area (Å²) in [5.41, 5.74) is 8.70. The second-order valence-corrected chi connectivity index (χ2v) is 8.00. The van der Waals surface area contributed by atoms with Crippen LogP contribution in [0.15, 0.2) is 24.5 Å². The lowest BCUT2D eigenvalue weighted by Crippen LogP contribution is -2.20. The first-order valence-electron chi connectivity index (χ1n) is 9.99. The van der Waals surface area contributed by atoms with Gasteiger partial charge in [-0.05, 0) is 42.3 Å². The summed E-state index contributed by atoms with van der Waals surface area (Å²) in [4.78, 5) is 20.8. The predicted molar refractivity (Wildman–Crippen MR) is 114 cm³/mol. The van der Waals surface area contributed by atoms with Crippen molar-refractivity contribution in [1.82, 2.24) is 9.97 Å². The number of nitrogens with zero attached hydrogens (tertiary/aromatic N) is 2. The number of hydrogen-bond donors (Lipinski definition) is 3. The molecule has 0 saturated heterocycles. The van der Waals surface area contributed by atoms with Gasteiger partial charge in [0.1, 0.15) is 18.1 Å². The molecule has 1 fully saturated rings. The van der Waals surface area contributed by atoms with Crippen molar-refractivity contribution >= 4 is 33.9 Å². The molecule has 2 atom stereocenters. The average Bonchev–Trinajstić information content (AvgIpc) is 3.48. The summed E-state index contributed by atoms with van der Waals surface area (Å²) >= 11 is 0. The van der Waals surface area contributed by atoms with Gasteiger partial charge in [0.15, 0.2) is 5.82 Å². The number of halogens is 1. The highest BCUT2D eigenvalue weighted by Gasteiger charge is 2.39. The molecular weight excluding hydrogens is 385 g/mol. The van der Waals surface area contributed by atoms with E-state index in [9.17, 15) is 4.79 Å². The lowest BCUT2D eigenvalue weighted by atomic mass is 9.97. The van der Waals surface area contributed by atoms with Crippen molar-refractivity contribution in [3.63, 3.8) is 0 Å². The maximum atomic E-state index is 15.2. The summed E-state index contributed by atoms with van der Waals surface area (Å²) in [7, 11) is 0. The minimum absolute atomic E-state index is 0.0185. The minimum Gasteiger partial charge on any atom is -0.474 e. The Morgan fingerprint density at radius 3 is 2.87 bits per heavy atom. The van der Waals surface area contributed by atoms with Crippen LogP contribution in [-0.4, -0.2) is 29.0 Å². The van der Waals surface area contributed by atoms with Crippen LogP contribution in [0.2, 0.25) is 0 Å². The minimum atomic E-state index is -0.519. The Kier molecular flexibility index (Phi) is 4.23. The Labute approximate surface area is 172 Å². The normalized spacial score (nSPS) is 19.6. The number of carbonyl (C=O) groups excluding carboxylic acids is 1. The molecule has 2 unspecified atom stereocenters. The third kappa shape index (κ3) is 2.99. The van der Waals surface area contributed by atoms with Crippen molar-refractivity contribution in [3.05, 3.63) is 35.9 Å². The first-order chi connectivity index (χ1) is 14.4. The topological polar surface area (TPSA) is 102 Å². The maximum absolute atomic E-state index is 15.2. The van der Waals surface area contributed by atoms with Gasteiger partial charge in [0.2, 0.25) is 11.8 Å². The van der Waals surface area contributed by atoms with Gasteiger partial charge in [0, 0.05) is 41.4 Å². The second-order valence-electron chi connectivity index (χ2n) is 8.00. The molecule has 0 spiro atoms. The highest BCUT2D eigenvalue weighted by Crippen LogP contribution is 2.40. The van der Waals surface area contributed by atoms with Crippen LogP contribution in [-0.2, 0) is 4.79 Å². The lowest BCUT2D eigenvalue weighted by Gasteiger charge is -2.22. The number of anilines is 3. The van der Waals surface area contributed by atoms with E-state index >= 15 is 4.39 Å². The van der Waals surface area contributed by atoms with Crippen LogP contribution >= 0.6 is 0 Å². The van der Waals surface area contributed by atoms with Crippen molar-refractivity contribution in [2.24, 2.45) is 11.8 Å². The Balaban J connectivity index is 1.58. The summed E-state index contributed by atoms with van der Waals surface area (Å²) in [6, 6.07) is 3.44. The molecule has 1 aliphatic heterocycles. The largest absolute Gasteiger partial charge is 0.474 e. The number of ether oxygens (including phenoxy) is 1. The molecule has 0 radical (unpaired) electrons. The van der Waals surface area contributed by atoms with Crippen LogP contribution in [0, 0.1) is 24.6 Å². The zero-order valence-corrected chi connectivity index (χ0v) is 16.8. The van der Waals surface area contributed by atoms with Gasteiger partial charge in [0.25, 0.3) is 0 Å². The van der Waals surface area contributed by atoms with Crippen LogP contribution in [0.5, 0.6) is 5.88 Å². The van der Waals surface area contributed by atoms with Gasteiger partial charge in [-0.25, -0.2) is 14.4 Å². The number of rotatable bonds is 3. The summed E-state index contributed by atoms with van der Waals surface area (Å²) in [6.07, 6.45) is 3.99. The number of nitrogen functional groups attached to an aromatic ring is 1. The first kappa shape index (κ1) is 18.6. The monoisotopic (exact) mass is 407 g/mol. The lowest BCUT2D eigenvalue weighted by molar-refractivity contribution is -0.117. The number of benzene rings is 1. The van der Waals surface area contributed by atoms with Gasteiger partial charge < -0.3 is 21.1 Å². The van der Waals surface area contributed by atoms with Crippen molar-refractivity contribution in [2.75, 3.05) is 29.5 Å². The van der Waals surface area contributed by atoms with Gasteiger partial charge in [0.05, 0.1) is 5.69 Å². The fourth-order valence-electron chi connectivity index (χ4n) is 3.96.